The number of Topliss-reactive ketones (excluding diaryl/α,β-unsaturated/α-hetero) is 1. The van der Waals surface area contributed by atoms with Crippen molar-refractivity contribution in [2.45, 2.75) is 25.9 Å². The Morgan fingerprint density at radius 2 is 1.93 bits per heavy atom. The van der Waals surface area contributed by atoms with Gasteiger partial charge >= 0.3 is 13.3 Å². The van der Waals surface area contributed by atoms with Crippen molar-refractivity contribution in [2.75, 3.05) is 14.2 Å². The van der Waals surface area contributed by atoms with E-state index in [2.05, 4.69) is 4.79 Å². The fourth-order valence-electron chi connectivity index (χ4n) is 1.27. The van der Waals surface area contributed by atoms with Crippen LogP contribution in [-0.2, 0) is 18.4 Å². The van der Waals surface area contributed by atoms with E-state index in [0.717, 1.165) is 0 Å². The fraction of sp³-hybridized carbons (Fsp3) is 0.750. The molecule has 0 radical (unpaired) electrons. The summed E-state index contributed by atoms with van der Waals surface area (Å²) in [5, 5.41) is 0. The van der Waals surface area contributed by atoms with Crippen molar-refractivity contribution in [3.63, 3.8) is 0 Å². The van der Waals surface area contributed by atoms with E-state index in [-0.39, 0.29) is 5.71 Å². The van der Waals surface area contributed by atoms with Crippen LogP contribution in [0.15, 0.2) is 0 Å². The average molecular weight is 234 g/mol. The lowest BCUT2D eigenvalue weighted by atomic mass is 10.1. The largest absolute Gasteiger partial charge is 0.361 e. The Labute approximate surface area is 88.7 Å². The molecule has 7 heteroatoms. The third-order valence-electron chi connectivity index (χ3n) is 2.06. The number of ketones is 1. The van der Waals surface area contributed by atoms with Gasteiger partial charge in [-0.2, -0.15) is 4.79 Å². The van der Waals surface area contributed by atoms with Gasteiger partial charge in [-0.1, -0.05) is 6.92 Å². The minimum atomic E-state index is -3.43. The Kier molecular flexibility index (Phi) is 5.61. The molecule has 0 saturated carbocycles. The van der Waals surface area contributed by atoms with E-state index in [1.165, 1.54) is 21.1 Å². The van der Waals surface area contributed by atoms with Gasteiger partial charge in [0.25, 0.3) is 0 Å². The number of hydrogen-bond acceptors (Lipinski definition) is 4. The Morgan fingerprint density at radius 3 is 2.13 bits per heavy atom. The molecule has 0 aromatic rings. The van der Waals surface area contributed by atoms with Gasteiger partial charge in [0.05, 0.1) is 0 Å². The molecule has 0 bridgehead atoms. The van der Waals surface area contributed by atoms with Crippen molar-refractivity contribution >= 4 is 19.1 Å². The van der Waals surface area contributed by atoms with Crippen molar-refractivity contribution < 1.29 is 23.2 Å². The molecule has 0 aromatic carbocycles. The van der Waals surface area contributed by atoms with Gasteiger partial charge < -0.3 is 14.6 Å². The van der Waals surface area contributed by atoms with E-state index in [1.807, 2.05) is 0 Å². The monoisotopic (exact) mass is 234 g/mol. The summed E-state index contributed by atoms with van der Waals surface area (Å²) in [5.41, 5.74) is 7.66. The van der Waals surface area contributed by atoms with Crippen LogP contribution < -0.4 is 0 Å². The molecule has 0 saturated heterocycles. The van der Waals surface area contributed by atoms with Crippen LogP contribution in [0.5, 0.6) is 0 Å². The SMILES string of the molecule is CCC(C(=[N+]=[N-])C(C)=O)P(=O)(OC)OC. The average Bonchev–Trinajstić information content (AvgIpc) is 2.24. The topological polar surface area (TPSA) is 89.0 Å². The second-order valence-corrected chi connectivity index (χ2v) is 5.30. The number of carbonyl (C=O) groups is 1. The molecule has 0 aliphatic carbocycles. The van der Waals surface area contributed by atoms with Gasteiger partial charge in [0.15, 0.2) is 5.66 Å². The number of nitrogens with zero attached hydrogens (tertiary/aromatic N) is 2. The van der Waals surface area contributed by atoms with Gasteiger partial charge in [-0.05, 0) is 6.42 Å². The van der Waals surface area contributed by atoms with Crippen molar-refractivity contribution in [2.24, 2.45) is 0 Å². The lowest BCUT2D eigenvalue weighted by Gasteiger charge is -2.18. The van der Waals surface area contributed by atoms with Crippen LogP contribution in [0, 0.1) is 0 Å². The first kappa shape index (κ1) is 14.2. The molecule has 86 valence electrons. The van der Waals surface area contributed by atoms with Crippen LogP contribution in [0.25, 0.3) is 5.53 Å². The van der Waals surface area contributed by atoms with Gasteiger partial charge in [0, 0.05) is 21.1 Å². The summed E-state index contributed by atoms with van der Waals surface area (Å²) in [4.78, 5) is 14.0. The molecular weight excluding hydrogens is 219 g/mol. The molecule has 0 heterocycles. The molecule has 6 nitrogen and oxygen atoms in total. The highest BCUT2D eigenvalue weighted by Gasteiger charge is 2.43. The summed E-state index contributed by atoms with van der Waals surface area (Å²) in [6, 6.07) is 0. The van der Waals surface area contributed by atoms with Crippen molar-refractivity contribution in [3.8, 4) is 0 Å². The maximum atomic E-state index is 12.0. The van der Waals surface area contributed by atoms with E-state index in [0.29, 0.717) is 6.42 Å². The smallest absolute Gasteiger partial charge is 0.349 e. The normalized spacial score (nSPS) is 13.1. The molecule has 0 amide bonds. The molecule has 0 aliphatic rings. The Bertz CT molecular complexity index is 328. The number of hydrogen-bond donors (Lipinski definition) is 0. The first-order valence-electron chi connectivity index (χ1n) is 4.40. The lowest BCUT2D eigenvalue weighted by molar-refractivity contribution is -0.115. The summed E-state index contributed by atoms with van der Waals surface area (Å²) in [7, 11) is -0.981. The summed E-state index contributed by atoms with van der Waals surface area (Å²) < 4.78 is 21.5. The lowest BCUT2D eigenvalue weighted by Crippen LogP contribution is -2.28. The van der Waals surface area contributed by atoms with E-state index in [1.54, 1.807) is 6.92 Å². The fourth-order valence-corrected chi connectivity index (χ4v) is 2.91. The summed E-state index contributed by atoms with van der Waals surface area (Å²) in [6.45, 7) is 2.93. The van der Waals surface area contributed by atoms with Gasteiger partial charge in [-0.3, -0.25) is 9.36 Å². The van der Waals surface area contributed by atoms with Crippen LogP contribution in [0.3, 0.4) is 0 Å². The van der Waals surface area contributed by atoms with Crippen molar-refractivity contribution in [1.29, 1.82) is 0 Å². The zero-order valence-corrected chi connectivity index (χ0v) is 10.2. The molecule has 0 fully saturated rings. The first-order chi connectivity index (χ1) is 6.96. The van der Waals surface area contributed by atoms with Crippen molar-refractivity contribution in [1.82, 2.24) is 0 Å². The molecule has 0 aromatic heterocycles. The van der Waals surface area contributed by atoms with E-state index >= 15 is 0 Å². The Balaban J connectivity index is 5.32. The van der Waals surface area contributed by atoms with Gasteiger partial charge in [-0.15, -0.1) is 0 Å². The Hall–Kier alpha value is -0.800. The van der Waals surface area contributed by atoms with Gasteiger partial charge in [-0.25, -0.2) is 0 Å². The van der Waals surface area contributed by atoms with Crippen LogP contribution in [0.2, 0.25) is 0 Å². The third-order valence-corrected chi connectivity index (χ3v) is 4.45. The standard InChI is InChI=1S/C8H15N2O4P/c1-5-7(8(10-9)6(2)11)15(12,13-3)14-4/h7H,5H2,1-4H3. The van der Waals surface area contributed by atoms with E-state index in [4.69, 9.17) is 14.6 Å². The maximum Gasteiger partial charge on any atom is 0.349 e. The van der Waals surface area contributed by atoms with Gasteiger partial charge in [0.2, 0.25) is 5.78 Å². The van der Waals surface area contributed by atoms with E-state index < -0.39 is 19.0 Å². The molecule has 1 unspecified atom stereocenters. The summed E-state index contributed by atoms with van der Waals surface area (Å²) in [5.74, 6) is -0.460. The second-order valence-electron chi connectivity index (χ2n) is 2.87. The third kappa shape index (κ3) is 3.08. The zero-order chi connectivity index (χ0) is 12.1. The van der Waals surface area contributed by atoms with Crippen LogP contribution in [0.4, 0.5) is 0 Å². The van der Waals surface area contributed by atoms with Crippen molar-refractivity contribution in [3.05, 3.63) is 5.53 Å². The molecule has 0 rings (SSSR count). The predicted octanol–water partition coefficient (Wildman–Crippen LogP) is 1.51. The zero-order valence-electron chi connectivity index (χ0n) is 9.26. The number of carbonyl (C=O) groups excluding carboxylic acids is 1. The quantitative estimate of drug-likeness (QED) is 0.301. The highest BCUT2D eigenvalue weighted by atomic mass is 31.2. The minimum absolute atomic E-state index is 0.190. The molecule has 15 heavy (non-hydrogen) atoms. The van der Waals surface area contributed by atoms with Crippen LogP contribution in [-0.4, -0.2) is 36.2 Å². The highest BCUT2D eigenvalue weighted by molar-refractivity contribution is 7.56. The summed E-state index contributed by atoms with van der Waals surface area (Å²) in [6.07, 6.45) is 0.317. The second kappa shape index (κ2) is 5.93. The molecule has 0 spiro atoms. The van der Waals surface area contributed by atoms with E-state index in [9.17, 15) is 9.36 Å². The molecular formula is C8H15N2O4P. The number of rotatable bonds is 6. The molecule has 0 aliphatic heterocycles. The maximum absolute atomic E-state index is 12.0. The molecule has 1 atom stereocenters. The first-order valence-corrected chi connectivity index (χ1v) is 6.02. The Morgan fingerprint density at radius 1 is 1.47 bits per heavy atom. The van der Waals surface area contributed by atoms with Crippen LogP contribution in [0.1, 0.15) is 20.3 Å². The predicted molar refractivity (Wildman–Crippen MR) is 55.0 cm³/mol. The minimum Gasteiger partial charge on any atom is -0.361 e. The van der Waals surface area contributed by atoms with Gasteiger partial charge in [0.1, 0.15) is 0 Å². The molecule has 0 N–H and O–H groups in total. The summed E-state index contributed by atoms with van der Waals surface area (Å²) >= 11 is 0. The van der Waals surface area contributed by atoms with Crippen LogP contribution >= 0.6 is 7.60 Å². The highest BCUT2D eigenvalue weighted by Crippen LogP contribution is 2.53.